The number of hydrogen-bond acceptors (Lipinski definition) is 3. The molecule has 0 rings (SSSR count). The third kappa shape index (κ3) is 9.68. The maximum Gasteiger partial charge on any atom is 0.331 e. The lowest BCUT2D eigenvalue weighted by Gasteiger charge is -2.33. The maximum absolute atomic E-state index is 11.2. The molecule has 0 aromatic carbocycles. The normalized spacial score (nSPS) is 14.8. The van der Waals surface area contributed by atoms with E-state index in [1.807, 2.05) is 0 Å². The Kier molecular flexibility index (Phi) is 7.95. The number of carbonyl (C=O) groups excluding carboxylic acids is 1. The van der Waals surface area contributed by atoms with Crippen LogP contribution in [0.1, 0.15) is 46.0 Å². The zero-order valence-electron chi connectivity index (χ0n) is 13.1. The molecule has 0 aromatic heterocycles. The Hall–Kier alpha value is -0.870. The molecule has 0 fully saturated rings. The van der Waals surface area contributed by atoms with Crippen molar-refractivity contribution in [3.8, 4) is 0 Å². The molecule has 0 radical (unpaired) electrons. The first-order valence-corrected chi connectivity index (χ1v) is 7.19. The quantitative estimate of drug-likeness (QED) is 0.218. The Morgan fingerprint density at radius 2 is 1.95 bits per heavy atom. The van der Waals surface area contributed by atoms with Gasteiger partial charge in [-0.2, -0.15) is 0 Å². The van der Waals surface area contributed by atoms with Gasteiger partial charge in [-0.25, -0.2) is 4.79 Å². The van der Waals surface area contributed by atoms with E-state index < -0.39 is 11.7 Å². The number of esters is 1. The molecule has 4 heteroatoms. The summed E-state index contributed by atoms with van der Waals surface area (Å²) in [4.78, 5) is 11.2. The number of rotatable bonds is 10. The molecule has 1 unspecified atom stereocenters. The third-order valence-corrected chi connectivity index (χ3v) is 3.33. The van der Waals surface area contributed by atoms with Gasteiger partial charge in [-0.1, -0.05) is 26.3 Å². The minimum atomic E-state index is -0.912. The van der Waals surface area contributed by atoms with E-state index in [-0.39, 0.29) is 0 Å². The highest BCUT2D eigenvalue weighted by Gasteiger charge is 2.26. The van der Waals surface area contributed by atoms with E-state index in [1.54, 1.807) is 6.92 Å². The van der Waals surface area contributed by atoms with Crippen LogP contribution in [-0.2, 0) is 9.53 Å². The van der Waals surface area contributed by atoms with E-state index in [0.717, 1.165) is 23.6 Å². The molecule has 0 amide bonds. The Morgan fingerprint density at radius 1 is 1.32 bits per heavy atom. The van der Waals surface area contributed by atoms with Crippen molar-refractivity contribution >= 4 is 5.97 Å². The lowest BCUT2D eigenvalue weighted by molar-refractivity contribution is -0.891. The van der Waals surface area contributed by atoms with Crippen molar-refractivity contribution in [2.45, 2.75) is 51.7 Å². The van der Waals surface area contributed by atoms with Gasteiger partial charge in [0.05, 0.1) is 33.6 Å². The zero-order chi connectivity index (χ0) is 14.9. The van der Waals surface area contributed by atoms with E-state index in [9.17, 15) is 4.79 Å². The van der Waals surface area contributed by atoms with Crippen LogP contribution in [0.2, 0.25) is 0 Å². The highest BCUT2D eigenvalue weighted by Crippen LogP contribution is 2.13. The lowest BCUT2D eigenvalue weighted by atomic mass is 10.1. The fourth-order valence-electron chi connectivity index (χ4n) is 1.93. The third-order valence-electron chi connectivity index (χ3n) is 3.33. The smallest absolute Gasteiger partial charge is 0.331 e. The number of quaternary nitrogens is 1. The first-order valence-electron chi connectivity index (χ1n) is 7.19. The molecule has 4 nitrogen and oxygen atoms in total. The van der Waals surface area contributed by atoms with Gasteiger partial charge in [-0.05, 0) is 19.8 Å². The molecule has 0 aliphatic heterocycles. The van der Waals surface area contributed by atoms with Crippen molar-refractivity contribution in [2.75, 3.05) is 27.2 Å². The Balaban J connectivity index is 4.06. The zero-order valence-corrected chi connectivity index (χ0v) is 13.1. The summed E-state index contributed by atoms with van der Waals surface area (Å²) in [5.74, 6) is -0.460. The number of nitrogens with zero attached hydrogens (tertiary/aromatic N) is 1. The van der Waals surface area contributed by atoms with Crippen LogP contribution in [-0.4, -0.2) is 43.4 Å². The number of hydrogen-bond donors (Lipinski definition) is 1. The number of nitrogens with two attached hydrogens (primary N) is 1. The van der Waals surface area contributed by atoms with Gasteiger partial charge < -0.3 is 9.22 Å². The van der Waals surface area contributed by atoms with Gasteiger partial charge in [0, 0.05) is 6.08 Å². The van der Waals surface area contributed by atoms with Gasteiger partial charge in [0.25, 0.3) is 0 Å². The van der Waals surface area contributed by atoms with Crippen LogP contribution in [0.5, 0.6) is 0 Å². The van der Waals surface area contributed by atoms with E-state index in [1.165, 1.54) is 25.7 Å². The van der Waals surface area contributed by atoms with Crippen molar-refractivity contribution in [2.24, 2.45) is 5.73 Å². The Labute approximate surface area is 118 Å². The topological polar surface area (TPSA) is 52.3 Å². The highest BCUT2D eigenvalue weighted by atomic mass is 16.6. The molecule has 0 aliphatic rings. The fraction of sp³-hybridized carbons (Fsp3) is 0.800. The lowest BCUT2D eigenvalue weighted by Crippen LogP contribution is -2.48. The summed E-state index contributed by atoms with van der Waals surface area (Å²) in [5, 5.41) is 0. The number of unbranched alkanes of at least 4 members (excludes halogenated alkanes) is 3. The van der Waals surface area contributed by atoms with Crippen molar-refractivity contribution in [1.82, 2.24) is 0 Å². The summed E-state index contributed by atoms with van der Waals surface area (Å²) >= 11 is 0. The summed E-state index contributed by atoms with van der Waals surface area (Å²) in [7, 11) is 4.38. The molecule has 1 atom stereocenters. The average Bonchev–Trinajstić information content (AvgIpc) is 2.32. The van der Waals surface area contributed by atoms with E-state index >= 15 is 0 Å². The molecular weight excluding hydrogens is 240 g/mol. The molecule has 0 saturated carbocycles. The SMILES string of the molecule is C=CC(=O)OC(C)(N)CC[N+](C)(C)CCCCCC. The first kappa shape index (κ1) is 18.1. The predicted octanol–water partition coefficient (Wildman–Crippen LogP) is 2.44. The highest BCUT2D eigenvalue weighted by molar-refractivity contribution is 5.81. The minimum absolute atomic E-state index is 0.460. The van der Waals surface area contributed by atoms with Gasteiger partial charge in [-0.3, -0.25) is 5.73 Å². The second kappa shape index (κ2) is 8.33. The summed E-state index contributed by atoms with van der Waals surface area (Å²) in [5.41, 5.74) is 5.06. The predicted molar refractivity (Wildman–Crippen MR) is 79.5 cm³/mol. The number of ether oxygens (including phenoxy) is 1. The monoisotopic (exact) mass is 271 g/mol. The molecule has 0 heterocycles. The standard InChI is InChI=1S/C15H31N2O2/c1-6-8-9-10-12-17(4,5)13-11-15(3,16)19-14(18)7-2/h7H,2,6,8-13,16H2,1,3-5H3/q+1. The Morgan fingerprint density at radius 3 is 2.47 bits per heavy atom. The molecule has 0 aliphatic carbocycles. The maximum atomic E-state index is 11.2. The largest absolute Gasteiger partial charge is 0.441 e. The van der Waals surface area contributed by atoms with Crippen molar-refractivity contribution in [3.05, 3.63) is 12.7 Å². The summed E-state index contributed by atoms with van der Waals surface area (Å²) in [6.45, 7) is 9.36. The summed E-state index contributed by atoms with van der Waals surface area (Å²) in [6.07, 6.45) is 6.86. The van der Waals surface area contributed by atoms with Gasteiger partial charge in [0.1, 0.15) is 0 Å². The Bertz CT molecular complexity index is 286. The van der Waals surface area contributed by atoms with Crippen LogP contribution in [0.4, 0.5) is 0 Å². The second-order valence-electron chi connectivity index (χ2n) is 6.13. The van der Waals surface area contributed by atoms with Crippen LogP contribution >= 0.6 is 0 Å². The number of carbonyl (C=O) groups is 1. The second-order valence-corrected chi connectivity index (χ2v) is 6.13. The fourth-order valence-corrected chi connectivity index (χ4v) is 1.93. The van der Waals surface area contributed by atoms with Crippen molar-refractivity contribution in [3.63, 3.8) is 0 Å². The molecule has 0 saturated heterocycles. The van der Waals surface area contributed by atoms with Crippen LogP contribution in [0.3, 0.4) is 0 Å². The van der Waals surface area contributed by atoms with Gasteiger partial charge in [0.15, 0.2) is 5.72 Å². The van der Waals surface area contributed by atoms with Crippen molar-refractivity contribution < 1.29 is 14.0 Å². The molecule has 0 bridgehead atoms. The molecular formula is C15H31N2O2+. The van der Waals surface area contributed by atoms with Crippen LogP contribution < -0.4 is 5.73 Å². The van der Waals surface area contributed by atoms with E-state index in [2.05, 4.69) is 27.6 Å². The molecule has 112 valence electrons. The van der Waals surface area contributed by atoms with E-state index in [0.29, 0.717) is 6.42 Å². The van der Waals surface area contributed by atoms with Crippen LogP contribution in [0, 0.1) is 0 Å². The molecule has 0 spiro atoms. The first-order chi connectivity index (χ1) is 8.72. The summed E-state index contributed by atoms with van der Waals surface area (Å²) in [6, 6.07) is 0. The minimum Gasteiger partial charge on any atom is -0.441 e. The van der Waals surface area contributed by atoms with Gasteiger partial charge in [-0.15, -0.1) is 0 Å². The molecule has 2 N–H and O–H groups in total. The van der Waals surface area contributed by atoms with Crippen LogP contribution in [0.15, 0.2) is 12.7 Å². The average molecular weight is 271 g/mol. The van der Waals surface area contributed by atoms with Gasteiger partial charge in [0.2, 0.25) is 0 Å². The van der Waals surface area contributed by atoms with Crippen molar-refractivity contribution in [1.29, 1.82) is 0 Å². The molecule has 19 heavy (non-hydrogen) atoms. The summed E-state index contributed by atoms with van der Waals surface area (Å²) < 4.78 is 6.04. The van der Waals surface area contributed by atoms with Crippen LogP contribution in [0.25, 0.3) is 0 Å². The molecule has 0 aromatic rings. The van der Waals surface area contributed by atoms with Gasteiger partial charge >= 0.3 is 5.97 Å². The van der Waals surface area contributed by atoms with E-state index in [4.69, 9.17) is 10.5 Å².